The van der Waals surface area contributed by atoms with Crippen LogP contribution >= 0.6 is 0 Å². The van der Waals surface area contributed by atoms with Crippen LogP contribution in [0.4, 0.5) is 0 Å². The van der Waals surface area contributed by atoms with Crippen molar-refractivity contribution in [3.05, 3.63) is 48.5 Å². The van der Waals surface area contributed by atoms with Crippen LogP contribution in [0.1, 0.15) is 12.0 Å². The summed E-state index contributed by atoms with van der Waals surface area (Å²) in [5, 5.41) is 9.25. The molecule has 5 nitrogen and oxygen atoms in total. The molecule has 118 valence electrons. The van der Waals surface area contributed by atoms with Crippen molar-refractivity contribution >= 4 is 0 Å². The molecular weight excluding hydrogens is 278 g/mol. The predicted octanol–water partition coefficient (Wildman–Crippen LogP) is 1.78. The molecule has 1 aliphatic rings. The van der Waals surface area contributed by atoms with Crippen molar-refractivity contribution in [1.82, 2.24) is 14.5 Å². The van der Waals surface area contributed by atoms with Crippen LogP contribution in [-0.2, 0) is 13.1 Å². The molecule has 0 amide bonds. The fraction of sp³-hybridized carbons (Fsp3) is 0.471. The van der Waals surface area contributed by atoms with Gasteiger partial charge in [-0.2, -0.15) is 0 Å². The van der Waals surface area contributed by atoms with Crippen molar-refractivity contribution in [1.29, 1.82) is 0 Å². The summed E-state index contributed by atoms with van der Waals surface area (Å²) < 4.78 is 7.96. The van der Waals surface area contributed by atoms with Gasteiger partial charge in [-0.3, -0.25) is 4.90 Å². The van der Waals surface area contributed by atoms with E-state index < -0.39 is 0 Å². The SMILES string of the molecule is OC[C@@H]1CCN(Cc2ccccc2OCCn2ccnc2)C1. The number of hydrogen-bond donors (Lipinski definition) is 1. The highest BCUT2D eigenvalue weighted by Crippen LogP contribution is 2.23. The van der Waals surface area contributed by atoms with Crippen LogP contribution in [0, 0.1) is 5.92 Å². The molecule has 1 aromatic carbocycles. The molecule has 1 atom stereocenters. The molecule has 0 radical (unpaired) electrons. The van der Waals surface area contributed by atoms with Gasteiger partial charge in [0, 0.05) is 37.7 Å². The molecule has 1 saturated heterocycles. The van der Waals surface area contributed by atoms with E-state index in [1.165, 1.54) is 5.56 Å². The third kappa shape index (κ3) is 3.87. The number of benzene rings is 1. The van der Waals surface area contributed by atoms with Gasteiger partial charge in [0.2, 0.25) is 0 Å². The van der Waals surface area contributed by atoms with Gasteiger partial charge in [0.15, 0.2) is 0 Å². The predicted molar refractivity (Wildman–Crippen MR) is 84.6 cm³/mol. The second kappa shape index (κ2) is 7.42. The zero-order valence-corrected chi connectivity index (χ0v) is 12.8. The number of para-hydroxylation sites is 1. The van der Waals surface area contributed by atoms with Gasteiger partial charge >= 0.3 is 0 Å². The summed E-state index contributed by atoms with van der Waals surface area (Å²) in [4.78, 5) is 6.42. The second-order valence-corrected chi connectivity index (χ2v) is 5.83. The minimum atomic E-state index is 0.291. The maximum absolute atomic E-state index is 9.25. The summed E-state index contributed by atoms with van der Waals surface area (Å²) in [5.41, 5.74) is 1.21. The summed E-state index contributed by atoms with van der Waals surface area (Å²) in [6.45, 7) is 4.63. The molecule has 1 aromatic heterocycles. The highest BCUT2D eigenvalue weighted by molar-refractivity contribution is 5.33. The van der Waals surface area contributed by atoms with Crippen LogP contribution in [0.15, 0.2) is 43.0 Å². The molecular formula is C17H23N3O2. The summed E-state index contributed by atoms with van der Waals surface area (Å²) in [7, 11) is 0. The number of nitrogens with zero attached hydrogens (tertiary/aromatic N) is 3. The van der Waals surface area contributed by atoms with E-state index in [0.717, 1.165) is 38.3 Å². The first kappa shape index (κ1) is 15.1. The molecule has 2 aromatic rings. The van der Waals surface area contributed by atoms with Crippen LogP contribution in [0.25, 0.3) is 0 Å². The van der Waals surface area contributed by atoms with E-state index in [0.29, 0.717) is 19.1 Å². The minimum absolute atomic E-state index is 0.291. The quantitative estimate of drug-likeness (QED) is 0.847. The molecule has 0 spiro atoms. The Balaban J connectivity index is 1.55. The molecule has 0 bridgehead atoms. The lowest BCUT2D eigenvalue weighted by atomic mass is 10.1. The van der Waals surface area contributed by atoms with Gasteiger partial charge in [-0.15, -0.1) is 0 Å². The van der Waals surface area contributed by atoms with E-state index in [1.54, 1.807) is 12.5 Å². The first-order chi connectivity index (χ1) is 10.8. The number of aliphatic hydroxyl groups excluding tert-OH is 1. The number of hydrogen-bond acceptors (Lipinski definition) is 4. The third-order valence-electron chi connectivity index (χ3n) is 4.16. The van der Waals surface area contributed by atoms with Crippen LogP contribution in [-0.4, -0.2) is 45.9 Å². The van der Waals surface area contributed by atoms with Crippen LogP contribution in [0.5, 0.6) is 5.75 Å². The molecule has 1 N–H and O–H groups in total. The standard InChI is InChI=1S/C17H23N3O2/c21-13-15-5-7-20(11-15)12-16-3-1-2-4-17(16)22-10-9-19-8-6-18-14-19/h1-4,6,8,14-15,21H,5,7,9-13H2/t15-/m1/s1. The van der Waals surface area contributed by atoms with Gasteiger partial charge in [0.1, 0.15) is 12.4 Å². The Kier molecular flexibility index (Phi) is 5.08. The van der Waals surface area contributed by atoms with E-state index in [4.69, 9.17) is 4.74 Å². The number of aromatic nitrogens is 2. The van der Waals surface area contributed by atoms with E-state index in [-0.39, 0.29) is 0 Å². The third-order valence-corrected chi connectivity index (χ3v) is 4.16. The molecule has 0 unspecified atom stereocenters. The fourth-order valence-corrected chi connectivity index (χ4v) is 2.90. The molecule has 0 aliphatic carbocycles. The van der Waals surface area contributed by atoms with E-state index in [1.807, 2.05) is 22.9 Å². The Morgan fingerprint density at radius 1 is 1.32 bits per heavy atom. The lowest BCUT2D eigenvalue weighted by Gasteiger charge is -2.18. The highest BCUT2D eigenvalue weighted by atomic mass is 16.5. The van der Waals surface area contributed by atoms with Gasteiger partial charge in [-0.05, 0) is 24.9 Å². The highest BCUT2D eigenvalue weighted by Gasteiger charge is 2.22. The average Bonchev–Trinajstić information content (AvgIpc) is 3.20. The zero-order valence-electron chi connectivity index (χ0n) is 12.8. The molecule has 3 rings (SSSR count). The Bertz CT molecular complexity index is 571. The van der Waals surface area contributed by atoms with Gasteiger partial charge in [-0.25, -0.2) is 4.98 Å². The van der Waals surface area contributed by atoms with Crippen molar-refractivity contribution in [2.24, 2.45) is 5.92 Å². The monoisotopic (exact) mass is 301 g/mol. The van der Waals surface area contributed by atoms with Crippen LogP contribution < -0.4 is 4.74 Å². The first-order valence-corrected chi connectivity index (χ1v) is 7.85. The van der Waals surface area contributed by atoms with Crippen LogP contribution in [0.3, 0.4) is 0 Å². The summed E-state index contributed by atoms with van der Waals surface area (Å²) in [6, 6.07) is 8.22. The second-order valence-electron chi connectivity index (χ2n) is 5.83. The van der Waals surface area contributed by atoms with Crippen LogP contribution in [0.2, 0.25) is 0 Å². The molecule has 1 fully saturated rings. The first-order valence-electron chi connectivity index (χ1n) is 7.85. The molecule has 2 heterocycles. The normalized spacial score (nSPS) is 18.7. The zero-order chi connectivity index (χ0) is 15.2. The number of aliphatic hydroxyl groups is 1. The Morgan fingerprint density at radius 2 is 2.23 bits per heavy atom. The maximum atomic E-state index is 9.25. The van der Waals surface area contributed by atoms with E-state index in [2.05, 4.69) is 22.0 Å². The number of ether oxygens (including phenoxy) is 1. The average molecular weight is 301 g/mol. The van der Waals surface area contributed by atoms with Crippen molar-refractivity contribution in [2.45, 2.75) is 19.5 Å². The van der Waals surface area contributed by atoms with E-state index >= 15 is 0 Å². The van der Waals surface area contributed by atoms with Crippen molar-refractivity contribution in [3.63, 3.8) is 0 Å². The van der Waals surface area contributed by atoms with Gasteiger partial charge < -0.3 is 14.4 Å². The maximum Gasteiger partial charge on any atom is 0.123 e. The largest absolute Gasteiger partial charge is 0.491 e. The molecule has 1 aliphatic heterocycles. The van der Waals surface area contributed by atoms with Gasteiger partial charge in [0.25, 0.3) is 0 Å². The topological polar surface area (TPSA) is 50.5 Å². The molecule has 0 saturated carbocycles. The lowest BCUT2D eigenvalue weighted by molar-refractivity contribution is 0.219. The minimum Gasteiger partial charge on any atom is -0.491 e. The van der Waals surface area contributed by atoms with Crippen molar-refractivity contribution in [2.75, 3.05) is 26.3 Å². The Labute approximate surface area is 131 Å². The number of rotatable bonds is 7. The van der Waals surface area contributed by atoms with E-state index in [9.17, 15) is 5.11 Å². The number of likely N-dealkylation sites (tertiary alicyclic amines) is 1. The Morgan fingerprint density at radius 3 is 3.00 bits per heavy atom. The van der Waals surface area contributed by atoms with Crippen molar-refractivity contribution < 1.29 is 9.84 Å². The molecule has 22 heavy (non-hydrogen) atoms. The molecule has 5 heteroatoms. The fourth-order valence-electron chi connectivity index (χ4n) is 2.90. The van der Waals surface area contributed by atoms with Gasteiger partial charge in [0.05, 0.1) is 12.9 Å². The summed E-state index contributed by atoms with van der Waals surface area (Å²) >= 11 is 0. The number of imidazole rings is 1. The smallest absolute Gasteiger partial charge is 0.123 e. The summed E-state index contributed by atoms with van der Waals surface area (Å²) in [6.07, 6.45) is 6.60. The van der Waals surface area contributed by atoms with Crippen molar-refractivity contribution in [3.8, 4) is 5.75 Å². The summed E-state index contributed by atoms with van der Waals surface area (Å²) in [5.74, 6) is 1.38. The lowest BCUT2D eigenvalue weighted by Crippen LogP contribution is -2.21. The Hall–Kier alpha value is -1.85. The van der Waals surface area contributed by atoms with Gasteiger partial charge in [-0.1, -0.05) is 18.2 Å².